The fourth-order valence-corrected chi connectivity index (χ4v) is 1.94. The lowest BCUT2D eigenvalue weighted by atomic mass is 10.1. The van der Waals surface area contributed by atoms with Crippen molar-refractivity contribution in [2.75, 3.05) is 0 Å². The number of halogens is 1. The van der Waals surface area contributed by atoms with Gasteiger partial charge in [0.25, 0.3) is 0 Å². The van der Waals surface area contributed by atoms with Gasteiger partial charge >= 0.3 is 0 Å². The van der Waals surface area contributed by atoms with Crippen LogP contribution in [0.4, 0.5) is 0 Å². The van der Waals surface area contributed by atoms with E-state index < -0.39 is 0 Å². The maximum Gasteiger partial charge on any atom is 0.0409 e. The lowest BCUT2D eigenvalue weighted by Crippen LogP contribution is -2.26. The van der Waals surface area contributed by atoms with E-state index in [0.29, 0.717) is 6.04 Å². The van der Waals surface area contributed by atoms with E-state index >= 15 is 0 Å². The molecule has 1 aromatic carbocycles. The predicted octanol–water partition coefficient (Wildman–Crippen LogP) is 3.86. The highest BCUT2D eigenvalue weighted by atomic mass is 35.5. The summed E-state index contributed by atoms with van der Waals surface area (Å²) < 4.78 is 0. The molecule has 0 radical (unpaired) electrons. The highest BCUT2D eigenvalue weighted by Crippen LogP contribution is 2.11. The zero-order valence-electron chi connectivity index (χ0n) is 9.76. The summed E-state index contributed by atoms with van der Waals surface area (Å²) in [6.45, 7) is 7.62. The summed E-state index contributed by atoms with van der Waals surface area (Å²) in [5.41, 5.74) is 1.25. The molecule has 1 nitrogen and oxygen atoms in total. The molecule has 15 heavy (non-hydrogen) atoms. The molecule has 0 aromatic heterocycles. The summed E-state index contributed by atoms with van der Waals surface area (Å²) in [6.07, 6.45) is 1.21. The number of nitrogens with one attached hydrogen (secondary N) is 1. The molecule has 0 saturated heterocycles. The minimum Gasteiger partial charge on any atom is -0.310 e. The SMILES string of the molecule is CC(C)C[C@@H](C)NCc1cccc(Cl)c1. The Kier molecular flexibility index (Phi) is 5.13. The van der Waals surface area contributed by atoms with Gasteiger partial charge in [-0.3, -0.25) is 0 Å². The molecule has 0 aliphatic heterocycles. The first kappa shape index (κ1) is 12.5. The number of rotatable bonds is 5. The normalized spacial score (nSPS) is 13.1. The van der Waals surface area contributed by atoms with Crippen molar-refractivity contribution in [1.29, 1.82) is 0 Å². The molecule has 0 bridgehead atoms. The average Bonchev–Trinajstić information content (AvgIpc) is 2.14. The molecule has 1 rings (SSSR count). The van der Waals surface area contributed by atoms with Gasteiger partial charge in [0.05, 0.1) is 0 Å². The van der Waals surface area contributed by atoms with Crippen molar-refractivity contribution in [2.24, 2.45) is 5.92 Å². The lowest BCUT2D eigenvalue weighted by Gasteiger charge is -2.15. The number of benzene rings is 1. The maximum absolute atomic E-state index is 5.92. The second-order valence-electron chi connectivity index (χ2n) is 4.54. The van der Waals surface area contributed by atoms with Crippen molar-refractivity contribution in [3.63, 3.8) is 0 Å². The van der Waals surface area contributed by atoms with Gasteiger partial charge in [0.1, 0.15) is 0 Å². The van der Waals surface area contributed by atoms with E-state index in [2.05, 4.69) is 32.2 Å². The summed E-state index contributed by atoms with van der Waals surface area (Å²) in [5.74, 6) is 0.742. The molecule has 0 heterocycles. The Morgan fingerprint density at radius 2 is 2.00 bits per heavy atom. The first-order valence-corrected chi connectivity index (χ1v) is 5.93. The third-order valence-electron chi connectivity index (χ3n) is 2.37. The molecule has 0 aliphatic carbocycles. The Morgan fingerprint density at radius 3 is 2.60 bits per heavy atom. The molecule has 1 atom stereocenters. The summed E-state index contributed by atoms with van der Waals surface area (Å²) in [7, 11) is 0. The molecular weight excluding hydrogens is 206 g/mol. The van der Waals surface area contributed by atoms with Crippen LogP contribution in [0.15, 0.2) is 24.3 Å². The molecule has 0 saturated carbocycles. The van der Waals surface area contributed by atoms with Gasteiger partial charge in [-0.05, 0) is 37.0 Å². The highest BCUT2D eigenvalue weighted by Gasteiger charge is 2.04. The van der Waals surface area contributed by atoms with Crippen molar-refractivity contribution < 1.29 is 0 Å². The van der Waals surface area contributed by atoms with Crippen LogP contribution in [0.5, 0.6) is 0 Å². The quantitative estimate of drug-likeness (QED) is 0.803. The summed E-state index contributed by atoms with van der Waals surface area (Å²) in [6, 6.07) is 8.57. The topological polar surface area (TPSA) is 12.0 Å². The van der Waals surface area contributed by atoms with Crippen molar-refractivity contribution in [3.05, 3.63) is 34.9 Å². The van der Waals surface area contributed by atoms with Crippen LogP contribution in [-0.2, 0) is 6.54 Å². The molecule has 1 aromatic rings. The third-order valence-corrected chi connectivity index (χ3v) is 2.60. The van der Waals surface area contributed by atoms with E-state index in [0.717, 1.165) is 17.5 Å². The second kappa shape index (κ2) is 6.14. The van der Waals surface area contributed by atoms with Crippen LogP contribution in [0.25, 0.3) is 0 Å². The molecule has 1 N–H and O–H groups in total. The van der Waals surface area contributed by atoms with Crippen molar-refractivity contribution >= 4 is 11.6 Å². The average molecular weight is 226 g/mol. The molecule has 0 spiro atoms. The fourth-order valence-electron chi connectivity index (χ4n) is 1.73. The summed E-state index contributed by atoms with van der Waals surface area (Å²) in [4.78, 5) is 0. The highest BCUT2D eigenvalue weighted by molar-refractivity contribution is 6.30. The van der Waals surface area contributed by atoms with E-state index in [1.165, 1.54) is 12.0 Å². The predicted molar refractivity (Wildman–Crippen MR) is 67.2 cm³/mol. The maximum atomic E-state index is 5.92. The van der Waals surface area contributed by atoms with E-state index in [1.54, 1.807) is 0 Å². The third kappa shape index (κ3) is 5.19. The first-order valence-electron chi connectivity index (χ1n) is 5.55. The van der Waals surface area contributed by atoms with Gasteiger partial charge in [-0.1, -0.05) is 37.6 Å². The van der Waals surface area contributed by atoms with E-state index in [4.69, 9.17) is 11.6 Å². The molecule has 84 valence electrons. The van der Waals surface area contributed by atoms with Gasteiger partial charge < -0.3 is 5.32 Å². The monoisotopic (exact) mass is 225 g/mol. The Bertz CT molecular complexity index is 296. The number of hydrogen-bond donors (Lipinski definition) is 1. The Hall–Kier alpha value is -0.530. The van der Waals surface area contributed by atoms with Gasteiger partial charge in [0.2, 0.25) is 0 Å². The number of hydrogen-bond acceptors (Lipinski definition) is 1. The van der Waals surface area contributed by atoms with Gasteiger partial charge in [0, 0.05) is 17.6 Å². The Labute approximate surface area is 97.8 Å². The van der Waals surface area contributed by atoms with Gasteiger partial charge in [-0.15, -0.1) is 0 Å². The van der Waals surface area contributed by atoms with Crippen LogP contribution in [0.1, 0.15) is 32.8 Å². The van der Waals surface area contributed by atoms with Crippen LogP contribution in [-0.4, -0.2) is 6.04 Å². The van der Waals surface area contributed by atoms with E-state index in [1.807, 2.05) is 18.2 Å². The lowest BCUT2D eigenvalue weighted by molar-refractivity contribution is 0.441. The zero-order chi connectivity index (χ0) is 11.3. The van der Waals surface area contributed by atoms with E-state index in [9.17, 15) is 0 Å². The van der Waals surface area contributed by atoms with Gasteiger partial charge in [-0.25, -0.2) is 0 Å². The van der Waals surface area contributed by atoms with Crippen molar-refractivity contribution in [2.45, 2.75) is 39.8 Å². The second-order valence-corrected chi connectivity index (χ2v) is 4.98. The molecular formula is C13H20ClN. The zero-order valence-corrected chi connectivity index (χ0v) is 10.5. The Morgan fingerprint density at radius 1 is 1.27 bits per heavy atom. The standard InChI is InChI=1S/C13H20ClN/c1-10(2)7-11(3)15-9-12-5-4-6-13(14)8-12/h4-6,8,10-11,15H,7,9H2,1-3H3/t11-/m1/s1. The van der Waals surface area contributed by atoms with E-state index in [-0.39, 0.29) is 0 Å². The van der Waals surface area contributed by atoms with Crippen LogP contribution >= 0.6 is 11.6 Å². The molecule has 2 heteroatoms. The van der Waals surface area contributed by atoms with Crippen LogP contribution < -0.4 is 5.32 Å². The smallest absolute Gasteiger partial charge is 0.0409 e. The summed E-state index contributed by atoms with van der Waals surface area (Å²) in [5, 5.41) is 4.31. The first-order chi connectivity index (χ1) is 7.08. The Balaban J connectivity index is 2.36. The minimum atomic E-state index is 0.559. The van der Waals surface area contributed by atoms with Crippen molar-refractivity contribution in [1.82, 2.24) is 5.32 Å². The van der Waals surface area contributed by atoms with Crippen LogP contribution in [0.2, 0.25) is 5.02 Å². The fraction of sp³-hybridized carbons (Fsp3) is 0.538. The van der Waals surface area contributed by atoms with Crippen LogP contribution in [0, 0.1) is 5.92 Å². The van der Waals surface area contributed by atoms with Gasteiger partial charge in [0.15, 0.2) is 0 Å². The molecule has 0 fully saturated rings. The van der Waals surface area contributed by atoms with Crippen LogP contribution in [0.3, 0.4) is 0 Å². The largest absolute Gasteiger partial charge is 0.310 e. The molecule has 0 aliphatic rings. The molecule has 0 amide bonds. The van der Waals surface area contributed by atoms with Crippen molar-refractivity contribution in [3.8, 4) is 0 Å². The van der Waals surface area contributed by atoms with Gasteiger partial charge in [-0.2, -0.15) is 0 Å². The molecule has 0 unspecified atom stereocenters. The minimum absolute atomic E-state index is 0.559. The summed E-state index contributed by atoms with van der Waals surface area (Å²) >= 11 is 5.92.